The maximum absolute atomic E-state index is 12.2. The summed E-state index contributed by atoms with van der Waals surface area (Å²) in [6.07, 6.45) is 1.87. The van der Waals surface area contributed by atoms with Gasteiger partial charge in [-0.05, 0) is 37.1 Å². The SMILES string of the molecule is CCCn1c(SCCCNC(=O)Nc2ccc(Br)cc2)nc(-c2ccccc2)c1-c1ccccc1. The van der Waals surface area contributed by atoms with Crippen LogP contribution in [0.5, 0.6) is 0 Å². The van der Waals surface area contributed by atoms with Gasteiger partial charge in [0.1, 0.15) is 0 Å². The molecule has 5 nitrogen and oxygen atoms in total. The van der Waals surface area contributed by atoms with E-state index in [0.717, 1.165) is 57.4 Å². The van der Waals surface area contributed by atoms with Crippen molar-refractivity contribution in [3.05, 3.63) is 89.4 Å². The van der Waals surface area contributed by atoms with Gasteiger partial charge in [0.2, 0.25) is 0 Å². The van der Waals surface area contributed by atoms with Gasteiger partial charge in [-0.3, -0.25) is 0 Å². The van der Waals surface area contributed by atoms with Crippen LogP contribution in [0.3, 0.4) is 0 Å². The molecule has 0 saturated heterocycles. The van der Waals surface area contributed by atoms with Gasteiger partial charge in [-0.25, -0.2) is 9.78 Å². The Balaban J connectivity index is 1.43. The first-order valence-corrected chi connectivity index (χ1v) is 13.6. The molecule has 0 spiro atoms. The van der Waals surface area contributed by atoms with Gasteiger partial charge in [-0.2, -0.15) is 0 Å². The van der Waals surface area contributed by atoms with E-state index in [0.29, 0.717) is 6.54 Å². The molecule has 1 heterocycles. The minimum atomic E-state index is -0.192. The molecule has 180 valence electrons. The number of thioether (sulfide) groups is 1. The quantitative estimate of drug-likeness (QED) is 0.158. The van der Waals surface area contributed by atoms with Crippen LogP contribution in [0.2, 0.25) is 0 Å². The normalized spacial score (nSPS) is 10.8. The fourth-order valence-electron chi connectivity index (χ4n) is 3.81. The zero-order chi connectivity index (χ0) is 24.5. The van der Waals surface area contributed by atoms with Crippen LogP contribution in [-0.4, -0.2) is 27.9 Å². The molecule has 0 aliphatic rings. The van der Waals surface area contributed by atoms with Gasteiger partial charge in [0, 0.05) is 40.1 Å². The molecule has 0 aliphatic carbocycles. The first-order chi connectivity index (χ1) is 17.2. The highest BCUT2D eigenvalue weighted by Gasteiger charge is 2.19. The number of hydrogen-bond donors (Lipinski definition) is 2. The summed E-state index contributed by atoms with van der Waals surface area (Å²) >= 11 is 5.14. The molecular formula is C28H29BrN4OS. The maximum atomic E-state index is 12.2. The Hall–Kier alpha value is -3.03. The topological polar surface area (TPSA) is 59.0 Å². The fourth-order valence-corrected chi connectivity index (χ4v) is 5.04. The number of nitrogens with one attached hydrogen (secondary N) is 2. The molecule has 3 aromatic carbocycles. The Morgan fingerprint density at radius 1 is 0.943 bits per heavy atom. The Bertz CT molecular complexity index is 1230. The van der Waals surface area contributed by atoms with E-state index in [4.69, 9.17) is 4.98 Å². The number of imidazole rings is 1. The fraction of sp³-hybridized carbons (Fsp3) is 0.214. The van der Waals surface area contributed by atoms with Gasteiger partial charge in [0.15, 0.2) is 5.16 Å². The first kappa shape index (κ1) is 25.1. The molecule has 2 N–H and O–H groups in total. The highest BCUT2D eigenvalue weighted by molar-refractivity contribution is 9.10. The molecule has 0 fully saturated rings. The van der Waals surface area contributed by atoms with Crippen molar-refractivity contribution in [2.24, 2.45) is 0 Å². The average Bonchev–Trinajstić information content (AvgIpc) is 3.24. The molecule has 0 atom stereocenters. The number of carbonyl (C=O) groups excluding carboxylic acids is 1. The van der Waals surface area contributed by atoms with Crippen LogP contribution in [0.4, 0.5) is 10.5 Å². The highest BCUT2D eigenvalue weighted by Crippen LogP contribution is 2.36. The molecular weight excluding hydrogens is 520 g/mol. The van der Waals surface area contributed by atoms with Gasteiger partial charge >= 0.3 is 6.03 Å². The molecule has 0 unspecified atom stereocenters. The number of halogens is 1. The average molecular weight is 550 g/mol. The third kappa shape index (κ3) is 6.77. The smallest absolute Gasteiger partial charge is 0.319 e. The van der Waals surface area contributed by atoms with Crippen molar-refractivity contribution in [1.29, 1.82) is 0 Å². The van der Waals surface area contributed by atoms with E-state index in [1.807, 2.05) is 36.4 Å². The molecule has 4 aromatic rings. The van der Waals surface area contributed by atoms with Gasteiger partial charge in [-0.1, -0.05) is 95.3 Å². The van der Waals surface area contributed by atoms with E-state index in [1.54, 1.807) is 11.8 Å². The van der Waals surface area contributed by atoms with E-state index in [9.17, 15) is 4.79 Å². The summed E-state index contributed by atoms with van der Waals surface area (Å²) in [5.74, 6) is 0.863. The predicted molar refractivity (Wildman–Crippen MR) is 150 cm³/mol. The van der Waals surface area contributed by atoms with Gasteiger partial charge in [0.25, 0.3) is 0 Å². The van der Waals surface area contributed by atoms with Crippen LogP contribution in [0.1, 0.15) is 19.8 Å². The zero-order valence-electron chi connectivity index (χ0n) is 19.7. The third-order valence-corrected chi connectivity index (χ3v) is 7.01. The minimum absolute atomic E-state index is 0.192. The minimum Gasteiger partial charge on any atom is -0.338 e. The maximum Gasteiger partial charge on any atom is 0.319 e. The molecule has 2 amide bonds. The van der Waals surface area contributed by atoms with Crippen molar-refractivity contribution in [2.45, 2.75) is 31.5 Å². The molecule has 1 aromatic heterocycles. The Labute approximate surface area is 219 Å². The lowest BCUT2D eigenvalue weighted by Gasteiger charge is -2.12. The summed E-state index contributed by atoms with van der Waals surface area (Å²) in [7, 11) is 0. The Morgan fingerprint density at radius 2 is 1.60 bits per heavy atom. The van der Waals surface area contributed by atoms with E-state index in [2.05, 4.69) is 86.6 Å². The number of urea groups is 1. The van der Waals surface area contributed by atoms with Crippen LogP contribution in [-0.2, 0) is 6.54 Å². The molecule has 0 bridgehead atoms. The number of rotatable bonds is 10. The predicted octanol–water partition coefficient (Wildman–Crippen LogP) is 7.69. The van der Waals surface area contributed by atoms with Crippen LogP contribution in [0, 0.1) is 0 Å². The second kappa shape index (κ2) is 12.6. The monoisotopic (exact) mass is 548 g/mol. The van der Waals surface area contributed by atoms with Crippen LogP contribution < -0.4 is 10.6 Å². The van der Waals surface area contributed by atoms with Crippen LogP contribution >= 0.6 is 27.7 Å². The lowest BCUT2D eigenvalue weighted by Crippen LogP contribution is -2.29. The molecule has 0 radical (unpaired) electrons. The largest absolute Gasteiger partial charge is 0.338 e. The summed E-state index contributed by atoms with van der Waals surface area (Å²) in [5.41, 5.74) is 5.23. The van der Waals surface area contributed by atoms with Crippen molar-refractivity contribution in [3.63, 3.8) is 0 Å². The summed E-state index contributed by atoms with van der Waals surface area (Å²) in [5, 5.41) is 6.81. The Kier molecular flexibility index (Phi) is 9.03. The zero-order valence-corrected chi connectivity index (χ0v) is 22.1. The first-order valence-electron chi connectivity index (χ1n) is 11.8. The van der Waals surface area contributed by atoms with E-state index < -0.39 is 0 Å². The Morgan fingerprint density at radius 3 is 2.26 bits per heavy atom. The van der Waals surface area contributed by atoms with Crippen LogP contribution in [0.25, 0.3) is 22.5 Å². The van der Waals surface area contributed by atoms with Crippen molar-refractivity contribution in [2.75, 3.05) is 17.6 Å². The number of benzene rings is 3. The number of anilines is 1. The number of aromatic nitrogens is 2. The molecule has 7 heteroatoms. The molecule has 4 rings (SSSR count). The van der Waals surface area contributed by atoms with Crippen molar-refractivity contribution in [3.8, 4) is 22.5 Å². The van der Waals surface area contributed by atoms with Crippen molar-refractivity contribution < 1.29 is 4.79 Å². The van der Waals surface area contributed by atoms with Crippen LogP contribution in [0.15, 0.2) is 94.6 Å². The van der Waals surface area contributed by atoms with Gasteiger partial charge in [-0.15, -0.1) is 0 Å². The van der Waals surface area contributed by atoms with Crippen molar-refractivity contribution >= 4 is 39.4 Å². The molecule has 35 heavy (non-hydrogen) atoms. The van der Waals surface area contributed by atoms with Gasteiger partial charge in [0.05, 0.1) is 11.4 Å². The summed E-state index contributed by atoms with van der Waals surface area (Å²) in [6.45, 7) is 3.69. The van der Waals surface area contributed by atoms with E-state index in [1.165, 1.54) is 5.56 Å². The van der Waals surface area contributed by atoms with Gasteiger partial charge < -0.3 is 15.2 Å². The van der Waals surface area contributed by atoms with E-state index >= 15 is 0 Å². The highest BCUT2D eigenvalue weighted by atomic mass is 79.9. The lowest BCUT2D eigenvalue weighted by molar-refractivity contribution is 0.252. The standard InChI is InChI=1S/C28H29BrN4OS/c1-2-19-33-26(22-12-7-4-8-13-22)25(21-10-5-3-6-11-21)32-28(33)35-20-9-18-30-27(34)31-24-16-14-23(29)15-17-24/h3-8,10-17H,2,9,18-20H2,1H3,(H2,30,31,34). The van der Waals surface area contributed by atoms with Crippen molar-refractivity contribution in [1.82, 2.24) is 14.9 Å². The molecule has 0 saturated carbocycles. The third-order valence-electron chi connectivity index (χ3n) is 5.41. The van der Waals surface area contributed by atoms with E-state index in [-0.39, 0.29) is 6.03 Å². The number of hydrogen-bond acceptors (Lipinski definition) is 3. The summed E-state index contributed by atoms with van der Waals surface area (Å²) in [6, 6.07) is 28.2. The second-order valence-corrected chi connectivity index (χ2v) is 10.0. The summed E-state index contributed by atoms with van der Waals surface area (Å²) < 4.78 is 3.32. The summed E-state index contributed by atoms with van der Waals surface area (Å²) in [4.78, 5) is 17.3. The number of amides is 2. The number of carbonyl (C=O) groups is 1. The lowest BCUT2D eigenvalue weighted by atomic mass is 10.0. The molecule has 0 aliphatic heterocycles. The number of nitrogens with zero attached hydrogens (tertiary/aromatic N) is 2. The second-order valence-electron chi connectivity index (χ2n) is 8.07.